The number of rotatable bonds is 6. The van der Waals surface area contributed by atoms with Gasteiger partial charge in [0.25, 0.3) is 5.91 Å². The minimum Gasteiger partial charge on any atom is -0.384 e. The van der Waals surface area contributed by atoms with Gasteiger partial charge in [-0.3, -0.25) is 4.79 Å². The fraction of sp³-hybridized carbons (Fsp3) is 0.588. The first-order chi connectivity index (χ1) is 9.36. The summed E-state index contributed by atoms with van der Waals surface area (Å²) in [5.74, 6) is 0.433. The number of carbonyl (C=O) groups is 1. The van der Waals surface area contributed by atoms with Crippen LogP contribution in [0.2, 0.25) is 0 Å². The van der Waals surface area contributed by atoms with Gasteiger partial charge in [0.1, 0.15) is 0 Å². The third kappa shape index (κ3) is 4.87. The normalized spacial score (nSPS) is 12.8. The number of carbonyl (C=O) groups excluding carboxylic acids is 1. The van der Waals surface area contributed by atoms with Crippen molar-refractivity contribution >= 4 is 11.6 Å². The number of hydrogen-bond acceptors (Lipinski definition) is 2. The Morgan fingerprint density at radius 3 is 2.50 bits per heavy atom. The van der Waals surface area contributed by atoms with Crippen LogP contribution in [0.5, 0.6) is 0 Å². The minimum absolute atomic E-state index is 0.000281. The van der Waals surface area contributed by atoms with E-state index in [4.69, 9.17) is 0 Å². The Morgan fingerprint density at radius 1 is 1.25 bits per heavy atom. The van der Waals surface area contributed by atoms with E-state index in [-0.39, 0.29) is 11.3 Å². The maximum absolute atomic E-state index is 12.3. The summed E-state index contributed by atoms with van der Waals surface area (Å²) in [7, 11) is 0. The maximum atomic E-state index is 12.3. The smallest absolute Gasteiger partial charge is 0.253 e. The molecule has 1 rings (SSSR count). The van der Waals surface area contributed by atoms with E-state index in [2.05, 4.69) is 45.3 Å². The molecular formula is C17H28N2O. The molecular weight excluding hydrogens is 248 g/mol. The minimum atomic E-state index is 0.000281. The summed E-state index contributed by atoms with van der Waals surface area (Å²) in [6.07, 6.45) is 1.04. The molecule has 0 aromatic heterocycles. The first kappa shape index (κ1) is 16.5. The van der Waals surface area contributed by atoms with Crippen LogP contribution in [0.25, 0.3) is 0 Å². The predicted molar refractivity (Wildman–Crippen MR) is 86.2 cm³/mol. The van der Waals surface area contributed by atoms with Crippen molar-refractivity contribution in [1.82, 2.24) is 5.32 Å². The summed E-state index contributed by atoms with van der Waals surface area (Å²) in [6.45, 7) is 12.4. The molecule has 2 N–H and O–H groups in total. The summed E-state index contributed by atoms with van der Waals surface area (Å²) < 4.78 is 0. The van der Waals surface area contributed by atoms with Gasteiger partial charge in [0, 0.05) is 18.8 Å². The second-order valence-corrected chi connectivity index (χ2v) is 6.45. The van der Waals surface area contributed by atoms with Crippen molar-refractivity contribution < 1.29 is 4.79 Å². The molecule has 0 aliphatic rings. The molecule has 1 unspecified atom stereocenters. The van der Waals surface area contributed by atoms with Crippen molar-refractivity contribution in [2.24, 2.45) is 11.3 Å². The zero-order valence-corrected chi connectivity index (χ0v) is 13.4. The lowest BCUT2D eigenvalue weighted by Crippen LogP contribution is -2.34. The molecule has 0 saturated heterocycles. The molecule has 1 aromatic carbocycles. The van der Waals surface area contributed by atoms with E-state index in [9.17, 15) is 4.79 Å². The Kier molecular flexibility index (Phi) is 6.05. The number of amides is 1. The van der Waals surface area contributed by atoms with Gasteiger partial charge in [-0.05, 0) is 29.9 Å². The van der Waals surface area contributed by atoms with E-state index in [0.29, 0.717) is 12.5 Å². The first-order valence-electron chi connectivity index (χ1n) is 7.47. The highest BCUT2D eigenvalue weighted by atomic mass is 16.1. The van der Waals surface area contributed by atoms with Crippen molar-refractivity contribution in [1.29, 1.82) is 0 Å². The average molecular weight is 276 g/mol. The van der Waals surface area contributed by atoms with Gasteiger partial charge >= 0.3 is 0 Å². The largest absolute Gasteiger partial charge is 0.384 e. The van der Waals surface area contributed by atoms with Crippen molar-refractivity contribution in [3.05, 3.63) is 29.8 Å². The van der Waals surface area contributed by atoms with Crippen molar-refractivity contribution in [2.45, 2.75) is 41.0 Å². The van der Waals surface area contributed by atoms with Crippen LogP contribution in [0.1, 0.15) is 51.4 Å². The molecule has 1 atom stereocenters. The lowest BCUT2D eigenvalue weighted by Gasteiger charge is -2.27. The highest BCUT2D eigenvalue weighted by Gasteiger charge is 2.21. The zero-order valence-electron chi connectivity index (χ0n) is 13.4. The summed E-state index contributed by atoms with van der Waals surface area (Å²) in [5, 5.41) is 6.34. The van der Waals surface area contributed by atoms with E-state index in [1.807, 2.05) is 24.3 Å². The second-order valence-electron chi connectivity index (χ2n) is 6.45. The quantitative estimate of drug-likeness (QED) is 0.827. The Labute approximate surface area is 123 Å². The standard InChI is InChI=1S/C17H28N2O/c1-6-11-18-15-10-8-7-9-14(15)16(20)19-12-13(2)17(3,4)5/h7-10,13,18H,6,11-12H2,1-5H3,(H,19,20). The lowest BCUT2D eigenvalue weighted by atomic mass is 9.82. The Balaban J connectivity index is 2.68. The van der Waals surface area contributed by atoms with E-state index in [0.717, 1.165) is 24.2 Å². The van der Waals surface area contributed by atoms with Gasteiger partial charge in [-0.1, -0.05) is 46.8 Å². The van der Waals surface area contributed by atoms with Crippen LogP contribution in [0, 0.1) is 11.3 Å². The molecule has 0 spiro atoms. The van der Waals surface area contributed by atoms with E-state index >= 15 is 0 Å². The molecule has 112 valence electrons. The van der Waals surface area contributed by atoms with Crippen LogP contribution in [0.3, 0.4) is 0 Å². The number of hydrogen-bond donors (Lipinski definition) is 2. The zero-order chi connectivity index (χ0) is 15.2. The van der Waals surface area contributed by atoms with Crippen LogP contribution >= 0.6 is 0 Å². The fourth-order valence-electron chi connectivity index (χ4n) is 1.74. The molecule has 0 radical (unpaired) electrons. The van der Waals surface area contributed by atoms with E-state index < -0.39 is 0 Å². The molecule has 20 heavy (non-hydrogen) atoms. The highest BCUT2D eigenvalue weighted by Crippen LogP contribution is 2.24. The number of para-hydroxylation sites is 1. The van der Waals surface area contributed by atoms with Gasteiger partial charge in [0.2, 0.25) is 0 Å². The lowest BCUT2D eigenvalue weighted by molar-refractivity contribution is 0.0938. The Morgan fingerprint density at radius 2 is 1.90 bits per heavy atom. The van der Waals surface area contributed by atoms with Gasteiger partial charge in [-0.2, -0.15) is 0 Å². The van der Waals surface area contributed by atoms with Crippen molar-refractivity contribution in [2.75, 3.05) is 18.4 Å². The maximum Gasteiger partial charge on any atom is 0.253 e. The molecule has 0 fully saturated rings. The molecule has 1 aromatic rings. The van der Waals surface area contributed by atoms with Crippen LogP contribution in [-0.4, -0.2) is 19.0 Å². The number of nitrogens with one attached hydrogen (secondary N) is 2. The SMILES string of the molecule is CCCNc1ccccc1C(=O)NCC(C)C(C)(C)C. The third-order valence-electron chi connectivity index (χ3n) is 3.78. The molecule has 0 bridgehead atoms. The van der Waals surface area contributed by atoms with Crippen LogP contribution in [0.15, 0.2) is 24.3 Å². The van der Waals surface area contributed by atoms with Crippen LogP contribution < -0.4 is 10.6 Å². The monoisotopic (exact) mass is 276 g/mol. The van der Waals surface area contributed by atoms with Crippen LogP contribution in [0.4, 0.5) is 5.69 Å². The first-order valence-corrected chi connectivity index (χ1v) is 7.47. The summed E-state index contributed by atoms with van der Waals surface area (Å²) in [5.41, 5.74) is 1.84. The summed E-state index contributed by atoms with van der Waals surface area (Å²) in [6, 6.07) is 7.68. The van der Waals surface area contributed by atoms with Gasteiger partial charge in [0.05, 0.1) is 5.56 Å². The molecule has 0 heterocycles. The van der Waals surface area contributed by atoms with Crippen molar-refractivity contribution in [3.63, 3.8) is 0 Å². The van der Waals surface area contributed by atoms with Crippen LogP contribution in [-0.2, 0) is 0 Å². The van der Waals surface area contributed by atoms with Gasteiger partial charge in [-0.15, -0.1) is 0 Å². The highest BCUT2D eigenvalue weighted by molar-refractivity contribution is 5.99. The second kappa shape index (κ2) is 7.32. The van der Waals surface area contributed by atoms with Gasteiger partial charge in [-0.25, -0.2) is 0 Å². The molecule has 1 amide bonds. The third-order valence-corrected chi connectivity index (χ3v) is 3.78. The molecule has 0 saturated carbocycles. The molecule has 3 nitrogen and oxygen atoms in total. The van der Waals surface area contributed by atoms with Crippen molar-refractivity contribution in [3.8, 4) is 0 Å². The summed E-state index contributed by atoms with van der Waals surface area (Å²) >= 11 is 0. The van der Waals surface area contributed by atoms with E-state index in [1.54, 1.807) is 0 Å². The topological polar surface area (TPSA) is 41.1 Å². The molecule has 0 aliphatic carbocycles. The van der Waals surface area contributed by atoms with E-state index in [1.165, 1.54) is 0 Å². The fourth-order valence-corrected chi connectivity index (χ4v) is 1.74. The van der Waals surface area contributed by atoms with Gasteiger partial charge in [0.15, 0.2) is 0 Å². The Hall–Kier alpha value is -1.51. The number of benzene rings is 1. The summed E-state index contributed by atoms with van der Waals surface area (Å²) in [4.78, 5) is 12.3. The Bertz CT molecular complexity index is 435. The average Bonchev–Trinajstić information content (AvgIpc) is 2.41. The number of anilines is 1. The predicted octanol–water partition coefficient (Wildman–Crippen LogP) is 3.92. The molecule has 0 aliphatic heterocycles. The molecule has 3 heteroatoms. The van der Waals surface area contributed by atoms with Gasteiger partial charge < -0.3 is 10.6 Å².